The van der Waals surface area contributed by atoms with E-state index in [2.05, 4.69) is 10.6 Å². The summed E-state index contributed by atoms with van der Waals surface area (Å²) in [4.78, 5) is 27.0. The zero-order valence-electron chi connectivity index (χ0n) is 15.9. The number of piperidine rings is 1. The summed E-state index contributed by atoms with van der Waals surface area (Å²) in [6, 6.07) is 0.561. The number of nitrogens with one attached hydrogen (secondary N) is 2. The lowest BCUT2D eigenvalue weighted by molar-refractivity contribution is -0.137. The predicted molar refractivity (Wildman–Crippen MR) is 103 cm³/mol. The van der Waals surface area contributed by atoms with Gasteiger partial charge in [0.2, 0.25) is 11.8 Å². The van der Waals surface area contributed by atoms with Gasteiger partial charge in [0, 0.05) is 45.3 Å². The molecule has 2 heterocycles. The molecule has 2 aliphatic heterocycles. The van der Waals surface area contributed by atoms with E-state index in [0.29, 0.717) is 38.2 Å². The highest BCUT2D eigenvalue weighted by molar-refractivity contribution is 5.85. The molecule has 2 amide bonds. The molecule has 0 aromatic carbocycles. The van der Waals surface area contributed by atoms with Gasteiger partial charge >= 0.3 is 0 Å². The normalized spacial score (nSPS) is 29.0. The molecular weight excluding hydrogens is 354 g/mol. The van der Waals surface area contributed by atoms with E-state index in [4.69, 9.17) is 4.74 Å². The Bertz CT molecular complexity index is 455. The maximum atomic E-state index is 12.8. The van der Waals surface area contributed by atoms with Crippen molar-refractivity contribution in [3.8, 4) is 0 Å². The fourth-order valence-electron chi connectivity index (χ4n) is 4.67. The van der Waals surface area contributed by atoms with Crippen LogP contribution in [0.4, 0.5) is 0 Å². The van der Waals surface area contributed by atoms with Gasteiger partial charge in [0.15, 0.2) is 0 Å². The second-order valence-electron chi connectivity index (χ2n) is 7.84. The van der Waals surface area contributed by atoms with Crippen molar-refractivity contribution >= 4 is 24.2 Å². The summed E-state index contributed by atoms with van der Waals surface area (Å²) in [7, 11) is 1.67. The molecule has 1 aliphatic carbocycles. The fraction of sp³-hybridized carbons (Fsp3) is 0.895. The second-order valence-corrected chi connectivity index (χ2v) is 7.84. The lowest BCUT2D eigenvalue weighted by Gasteiger charge is -2.33. The number of hydrogen-bond donors (Lipinski definition) is 2. The van der Waals surface area contributed by atoms with E-state index in [1.165, 1.54) is 25.7 Å². The standard InChI is InChI=1S/C19H33N3O3.ClH/c1-25-12-4-9-20-18(23)14-7-10-22(11-8-14)19(24)17-13-15-5-2-3-6-16(15)21-17;/h14-17,21H,2-13H2,1H3,(H,20,23);1H. The number of fused-ring (bicyclic) bond motifs is 1. The van der Waals surface area contributed by atoms with E-state index in [1.54, 1.807) is 7.11 Å². The van der Waals surface area contributed by atoms with Crippen LogP contribution in [0.15, 0.2) is 0 Å². The van der Waals surface area contributed by atoms with Crippen LogP contribution in [0.1, 0.15) is 51.4 Å². The van der Waals surface area contributed by atoms with Gasteiger partial charge in [-0.1, -0.05) is 12.8 Å². The van der Waals surface area contributed by atoms with Crippen LogP contribution in [0.25, 0.3) is 0 Å². The summed E-state index contributed by atoms with van der Waals surface area (Å²) in [5.74, 6) is 1.13. The Balaban J connectivity index is 0.00000243. The quantitative estimate of drug-likeness (QED) is 0.681. The van der Waals surface area contributed by atoms with Gasteiger partial charge in [0.25, 0.3) is 0 Å². The SMILES string of the molecule is COCCCNC(=O)C1CCN(C(=O)C2CC3CCCCC3N2)CC1.Cl. The number of ether oxygens (including phenoxy) is 1. The fourth-order valence-corrected chi connectivity index (χ4v) is 4.67. The monoisotopic (exact) mass is 387 g/mol. The van der Waals surface area contributed by atoms with Crippen LogP contribution in [0.3, 0.4) is 0 Å². The molecule has 3 atom stereocenters. The van der Waals surface area contributed by atoms with Gasteiger partial charge < -0.3 is 20.3 Å². The average molecular weight is 388 g/mol. The largest absolute Gasteiger partial charge is 0.385 e. The van der Waals surface area contributed by atoms with Crippen LogP contribution in [-0.4, -0.2) is 62.1 Å². The zero-order chi connectivity index (χ0) is 17.6. The van der Waals surface area contributed by atoms with Crippen molar-refractivity contribution in [1.82, 2.24) is 15.5 Å². The second kappa shape index (κ2) is 10.5. The number of likely N-dealkylation sites (tertiary alicyclic amines) is 1. The number of rotatable bonds is 6. The molecule has 2 N–H and O–H groups in total. The van der Waals surface area contributed by atoms with Gasteiger partial charge in [-0.25, -0.2) is 0 Å². The van der Waals surface area contributed by atoms with Crippen LogP contribution in [-0.2, 0) is 14.3 Å². The third-order valence-corrected chi connectivity index (χ3v) is 6.16. The third kappa shape index (κ3) is 5.33. The summed E-state index contributed by atoms with van der Waals surface area (Å²) in [5, 5.41) is 6.57. The average Bonchev–Trinajstić information content (AvgIpc) is 3.09. The molecule has 0 radical (unpaired) electrons. The Morgan fingerprint density at radius 2 is 1.88 bits per heavy atom. The summed E-state index contributed by atoms with van der Waals surface area (Å²) in [5.41, 5.74) is 0. The maximum absolute atomic E-state index is 12.8. The molecule has 3 rings (SSSR count). The minimum atomic E-state index is 0. The molecule has 7 heteroatoms. The van der Waals surface area contributed by atoms with Crippen LogP contribution in [0, 0.1) is 11.8 Å². The highest BCUT2D eigenvalue weighted by Gasteiger charge is 2.40. The maximum Gasteiger partial charge on any atom is 0.239 e. The molecule has 3 fully saturated rings. The van der Waals surface area contributed by atoms with E-state index < -0.39 is 0 Å². The molecule has 2 saturated heterocycles. The van der Waals surface area contributed by atoms with Crippen LogP contribution in [0.5, 0.6) is 0 Å². The highest BCUT2D eigenvalue weighted by atomic mass is 35.5. The Hall–Kier alpha value is -0.850. The topological polar surface area (TPSA) is 70.7 Å². The van der Waals surface area contributed by atoms with E-state index in [1.807, 2.05) is 4.90 Å². The van der Waals surface area contributed by atoms with E-state index in [-0.39, 0.29) is 36.2 Å². The predicted octanol–water partition coefficient (Wildman–Crippen LogP) is 1.72. The number of amides is 2. The minimum Gasteiger partial charge on any atom is -0.385 e. The Kier molecular flexibility index (Phi) is 8.64. The molecule has 150 valence electrons. The molecule has 6 nitrogen and oxygen atoms in total. The number of hydrogen-bond acceptors (Lipinski definition) is 4. The van der Waals surface area contributed by atoms with Crippen molar-refractivity contribution in [2.75, 3.05) is 33.4 Å². The number of carbonyl (C=O) groups excluding carboxylic acids is 2. The molecule has 26 heavy (non-hydrogen) atoms. The van der Waals surface area contributed by atoms with Gasteiger partial charge in [-0.15, -0.1) is 12.4 Å². The molecule has 0 bridgehead atoms. The van der Waals surface area contributed by atoms with Crippen molar-refractivity contribution in [3.63, 3.8) is 0 Å². The van der Waals surface area contributed by atoms with Crippen LogP contribution in [0.2, 0.25) is 0 Å². The summed E-state index contributed by atoms with van der Waals surface area (Å²) >= 11 is 0. The number of nitrogens with zero attached hydrogens (tertiary/aromatic N) is 1. The zero-order valence-corrected chi connectivity index (χ0v) is 16.7. The van der Waals surface area contributed by atoms with Gasteiger partial charge in [0.05, 0.1) is 6.04 Å². The van der Waals surface area contributed by atoms with Crippen molar-refractivity contribution in [2.45, 2.75) is 63.5 Å². The van der Waals surface area contributed by atoms with E-state index >= 15 is 0 Å². The molecular formula is C19H34ClN3O3. The molecule has 1 saturated carbocycles. The van der Waals surface area contributed by atoms with Gasteiger partial charge in [-0.3, -0.25) is 9.59 Å². The van der Waals surface area contributed by atoms with Crippen molar-refractivity contribution < 1.29 is 14.3 Å². The first-order valence-corrected chi connectivity index (χ1v) is 10.0. The number of halogens is 1. The number of carbonyl (C=O) groups is 2. The van der Waals surface area contributed by atoms with Crippen LogP contribution >= 0.6 is 12.4 Å². The Morgan fingerprint density at radius 1 is 1.15 bits per heavy atom. The molecule has 0 aromatic heterocycles. The van der Waals surface area contributed by atoms with Gasteiger partial charge in [0.1, 0.15) is 0 Å². The highest BCUT2D eigenvalue weighted by Crippen LogP contribution is 2.34. The smallest absolute Gasteiger partial charge is 0.239 e. The minimum absolute atomic E-state index is 0. The first-order chi connectivity index (χ1) is 12.2. The molecule has 3 unspecified atom stereocenters. The van der Waals surface area contributed by atoms with Gasteiger partial charge in [-0.05, 0) is 44.4 Å². The molecule has 0 spiro atoms. The van der Waals surface area contributed by atoms with Gasteiger partial charge in [-0.2, -0.15) is 0 Å². The first-order valence-electron chi connectivity index (χ1n) is 10.0. The first kappa shape index (κ1) is 21.5. The lowest BCUT2D eigenvalue weighted by atomic mass is 9.85. The molecule has 0 aromatic rings. The van der Waals surface area contributed by atoms with E-state index in [0.717, 1.165) is 25.7 Å². The third-order valence-electron chi connectivity index (χ3n) is 6.16. The van der Waals surface area contributed by atoms with Crippen LogP contribution < -0.4 is 10.6 Å². The van der Waals surface area contributed by atoms with Crippen molar-refractivity contribution in [1.29, 1.82) is 0 Å². The number of methoxy groups -OCH3 is 1. The Morgan fingerprint density at radius 3 is 2.58 bits per heavy atom. The Labute approximate surface area is 163 Å². The van der Waals surface area contributed by atoms with Crippen molar-refractivity contribution in [2.24, 2.45) is 11.8 Å². The summed E-state index contributed by atoms with van der Waals surface area (Å²) < 4.78 is 4.99. The van der Waals surface area contributed by atoms with Crippen molar-refractivity contribution in [3.05, 3.63) is 0 Å². The lowest BCUT2D eigenvalue weighted by Crippen LogP contribution is -2.49. The molecule has 3 aliphatic rings. The van der Waals surface area contributed by atoms with E-state index in [9.17, 15) is 9.59 Å². The summed E-state index contributed by atoms with van der Waals surface area (Å²) in [6.45, 7) is 2.76. The summed E-state index contributed by atoms with van der Waals surface area (Å²) in [6.07, 6.45) is 8.50.